The summed E-state index contributed by atoms with van der Waals surface area (Å²) in [5.41, 5.74) is 0. The van der Waals surface area contributed by atoms with Crippen LogP contribution in [0.3, 0.4) is 0 Å². The maximum atomic E-state index is 10.3. The first-order chi connectivity index (χ1) is 5.83. The molecule has 0 saturated heterocycles. The number of hydrogen-bond donors (Lipinski definition) is 1. The molecule has 0 aromatic carbocycles. The zero-order valence-corrected chi connectivity index (χ0v) is 8.02. The fourth-order valence-electron chi connectivity index (χ4n) is 0.593. The molecule has 0 atom stereocenters. The molecule has 0 aliphatic carbocycles. The standard InChI is InChI=1S/C6H13O3SSi/c1-6(2,11)4-3-5-10(7,8)9/h3-5H2,1-2H3,(H,7,8,9)/i1D,2D. The minimum atomic E-state index is -3.91. The first-order valence-electron chi connectivity index (χ1n) is 4.53. The lowest BCUT2D eigenvalue weighted by molar-refractivity contribution is 0.477. The SMILES string of the molecule is [2H]CC([Si])(C[2H])CCCS(=O)(=O)O. The first kappa shape index (κ1) is 7.76. The lowest BCUT2D eigenvalue weighted by Gasteiger charge is -2.16. The third-order valence-electron chi connectivity index (χ3n) is 1.06. The minimum absolute atomic E-state index is 0.0267. The van der Waals surface area contributed by atoms with Gasteiger partial charge in [0.2, 0.25) is 0 Å². The zero-order chi connectivity index (χ0) is 10.5. The summed E-state index contributed by atoms with van der Waals surface area (Å²) in [5.74, 6) is -0.306. The Labute approximate surface area is 74.2 Å². The van der Waals surface area contributed by atoms with Gasteiger partial charge in [0.05, 0.1) is 5.75 Å². The lowest BCUT2D eigenvalue weighted by Crippen LogP contribution is -2.08. The zero-order valence-electron chi connectivity index (χ0n) is 8.21. The Bertz CT molecular complexity index is 238. The highest BCUT2D eigenvalue weighted by Crippen LogP contribution is 2.25. The summed E-state index contributed by atoms with van der Waals surface area (Å²) in [6, 6.07) is 0. The van der Waals surface area contributed by atoms with Gasteiger partial charge in [-0.05, 0) is 11.5 Å². The van der Waals surface area contributed by atoms with Crippen molar-refractivity contribution in [3.63, 3.8) is 0 Å². The smallest absolute Gasteiger partial charge is 0.264 e. The van der Waals surface area contributed by atoms with Gasteiger partial charge in [-0.25, -0.2) is 0 Å². The van der Waals surface area contributed by atoms with Gasteiger partial charge >= 0.3 is 0 Å². The van der Waals surface area contributed by atoms with E-state index in [-0.39, 0.29) is 26.0 Å². The molecule has 0 fully saturated rings. The van der Waals surface area contributed by atoms with Crippen LogP contribution in [0.15, 0.2) is 0 Å². The molecule has 3 radical (unpaired) electrons. The fourth-order valence-corrected chi connectivity index (χ4v) is 1.28. The molecule has 1 N–H and O–H groups in total. The number of rotatable bonds is 4. The third-order valence-corrected chi connectivity index (χ3v) is 2.11. The Morgan fingerprint density at radius 2 is 2.18 bits per heavy atom. The van der Waals surface area contributed by atoms with Crippen LogP contribution in [0.25, 0.3) is 0 Å². The first-order valence-corrected chi connectivity index (χ1v) is 5.22. The summed E-state index contributed by atoms with van der Waals surface area (Å²) >= 11 is 0. The maximum Gasteiger partial charge on any atom is 0.264 e. The highest BCUT2D eigenvalue weighted by atomic mass is 32.2. The Balaban J connectivity index is 3.88. The van der Waals surface area contributed by atoms with E-state index in [4.69, 9.17) is 7.29 Å². The van der Waals surface area contributed by atoms with Gasteiger partial charge in [-0.3, -0.25) is 4.55 Å². The summed E-state index contributed by atoms with van der Waals surface area (Å²) in [7, 11) is -0.655. The van der Waals surface area contributed by atoms with E-state index >= 15 is 0 Å². The molecule has 0 rings (SSSR count). The van der Waals surface area contributed by atoms with Gasteiger partial charge in [0.1, 0.15) is 0 Å². The molecule has 0 aliphatic rings. The van der Waals surface area contributed by atoms with Crippen molar-refractivity contribution in [1.82, 2.24) is 0 Å². The molecule has 0 aromatic rings. The Kier molecular flexibility index (Phi) is 2.60. The molecule has 0 heterocycles. The van der Waals surface area contributed by atoms with E-state index in [0.29, 0.717) is 6.42 Å². The molecule has 0 amide bonds. The highest BCUT2D eigenvalue weighted by molar-refractivity contribution is 7.85. The van der Waals surface area contributed by atoms with Crippen molar-refractivity contribution in [3.8, 4) is 0 Å². The Morgan fingerprint density at radius 3 is 2.55 bits per heavy atom. The van der Waals surface area contributed by atoms with Gasteiger partial charge in [-0.1, -0.05) is 20.2 Å². The quantitative estimate of drug-likeness (QED) is 0.538. The lowest BCUT2D eigenvalue weighted by atomic mass is 10.1. The van der Waals surface area contributed by atoms with Crippen molar-refractivity contribution in [2.75, 3.05) is 5.75 Å². The van der Waals surface area contributed by atoms with E-state index in [1.165, 1.54) is 0 Å². The van der Waals surface area contributed by atoms with Crippen LogP contribution in [0.4, 0.5) is 0 Å². The van der Waals surface area contributed by atoms with Crippen LogP contribution in [0.2, 0.25) is 5.04 Å². The van der Waals surface area contributed by atoms with E-state index in [9.17, 15) is 8.42 Å². The van der Waals surface area contributed by atoms with Crippen molar-refractivity contribution >= 4 is 20.4 Å². The predicted molar refractivity (Wildman–Crippen MR) is 45.4 cm³/mol. The van der Waals surface area contributed by atoms with Gasteiger partial charge in [-0.15, -0.1) is 0 Å². The summed E-state index contributed by atoms with van der Waals surface area (Å²) in [4.78, 5) is 0. The predicted octanol–water partition coefficient (Wildman–Crippen LogP) is 1.02. The van der Waals surface area contributed by atoms with Crippen LogP contribution < -0.4 is 0 Å². The molecule has 65 valence electrons. The Morgan fingerprint density at radius 1 is 1.64 bits per heavy atom. The second kappa shape index (κ2) is 3.69. The summed E-state index contributed by atoms with van der Waals surface area (Å²) in [5, 5.41) is -0.634. The molecular formula is C6H13O3SSi. The largest absolute Gasteiger partial charge is 0.286 e. The van der Waals surface area contributed by atoms with Crippen LogP contribution in [0, 0.1) is 0 Å². The van der Waals surface area contributed by atoms with Gasteiger partial charge in [-0.2, -0.15) is 8.42 Å². The molecular weight excluding hydrogens is 180 g/mol. The summed E-state index contributed by atoms with van der Waals surface area (Å²) in [6.07, 6.45) is 0.663. The number of hydrogen-bond acceptors (Lipinski definition) is 2. The molecule has 0 aromatic heterocycles. The van der Waals surface area contributed by atoms with Crippen molar-refractivity contribution < 1.29 is 15.7 Å². The summed E-state index contributed by atoms with van der Waals surface area (Å²) < 4.78 is 43.3. The van der Waals surface area contributed by atoms with E-state index in [1.807, 2.05) is 0 Å². The normalized spacial score (nSPS) is 15.8. The Hall–Kier alpha value is 0.127. The molecule has 0 unspecified atom stereocenters. The van der Waals surface area contributed by atoms with E-state index in [2.05, 4.69) is 10.2 Å². The van der Waals surface area contributed by atoms with Crippen molar-refractivity contribution in [2.24, 2.45) is 0 Å². The highest BCUT2D eigenvalue weighted by Gasteiger charge is 2.12. The molecule has 0 saturated carbocycles. The average molecular weight is 195 g/mol. The second-order valence-electron chi connectivity index (χ2n) is 2.67. The second-order valence-corrected chi connectivity index (χ2v) is 5.30. The van der Waals surface area contributed by atoms with Gasteiger partial charge in [0, 0.05) is 13.0 Å². The molecule has 0 spiro atoms. The van der Waals surface area contributed by atoms with Gasteiger partial charge in [0.15, 0.2) is 0 Å². The molecule has 0 bridgehead atoms. The van der Waals surface area contributed by atoms with Gasteiger partial charge < -0.3 is 0 Å². The maximum absolute atomic E-state index is 10.3. The van der Waals surface area contributed by atoms with Gasteiger partial charge in [0.25, 0.3) is 10.1 Å². The molecule has 11 heavy (non-hydrogen) atoms. The molecule has 0 aliphatic heterocycles. The van der Waals surface area contributed by atoms with E-state index in [0.717, 1.165) is 0 Å². The monoisotopic (exact) mass is 195 g/mol. The van der Waals surface area contributed by atoms with Crippen LogP contribution in [-0.4, -0.2) is 29.0 Å². The molecule has 3 nitrogen and oxygen atoms in total. The third kappa shape index (κ3) is 10.1. The van der Waals surface area contributed by atoms with Crippen molar-refractivity contribution in [1.29, 1.82) is 0 Å². The van der Waals surface area contributed by atoms with Crippen molar-refractivity contribution in [3.05, 3.63) is 0 Å². The topological polar surface area (TPSA) is 54.4 Å². The van der Waals surface area contributed by atoms with Crippen molar-refractivity contribution in [2.45, 2.75) is 31.7 Å². The van der Waals surface area contributed by atoms with Crippen LogP contribution >= 0.6 is 0 Å². The fraction of sp³-hybridized carbons (Fsp3) is 1.00. The van der Waals surface area contributed by atoms with Crippen LogP contribution in [-0.2, 0) is 10.1 Å². The van der Waals surface area contributed by atoms with E-state index in [1.54, 1.807) is 0 Å². The van der Waals surface area contributed by atoms with Crippen LogP contribution in [0.1, 0.15) is 29.4 Å². The summed E-state index contributed by atoms with van der Waals surface area (Å²) in [6.45, 7) is 0.0533. The molecule has 5 heteroatoms. The average Bonchev–Trinajstić information content (AvgIpc) is 2.02. The van der Waals surface area contributed by atoms with Crippen LogP contribution in [0.5, 0.6) is 0 Å². The minimum Gasteiger partial charge on any atom is -0.286 e. The van der Waals surface area contributed by atoms with E-state index < -0.39 is 15.2 Å².